The molecule has 0 saturated heterocycles. The highest BCUT2D eigenvalue weighted by atomic mass is 32.2. The van der Waals surface area contributed by atoms with E-state index in [0.717, 1.165) is 14.2 Å². The van der Waals surface area contributed by atoms with Crippen molar-refractivity contribution in [2.24, 2.45) is 0 Å². The molecular formula is C12H13NO3S3. The van der Waals surface area contributed by atoms with Gasteiger partial charge in [-0.3, -0.25) is 4.55 Å². The maximum atomic E-state index is 10.8. The Bertz CT molecular complexity index is 784. The Morgan fingerprint density at radius 3 is 2.84 bits per heavy atom. The van der Waals surface area contributed by atoms with E-state index >= 15 is 0 Å². The molecule has 2 rings (SSSR count). The second-order valence-electron chi connectivity index (χ2n) is 4.22. The molecule has 0 spiro atoms. The fourth-order valence-corrected chi connectivity index (χ4v) is 3.82. The lowest BCUT2D eigenvalue weighted by atomic mass is 10.3. The van der Waals surface area contributed by atoms with Gasteiger partial charge in [0.1, 0.15) is 0 Å². The highest BCUT2D eigenvalue weighted by Crippen LogP contribution is 2.22. The summed E-state index contributed by atoms with van der Waals surface area (Å²) >= 11 is 6.82. The summed E-state index contributed by atoms with van der Waals surface area (Å²) in [6, 6.07) is 7.88. The lowest BCUT2D eigenvalue weighted by molar-refractivity contribution is 0.485. The molecule has 0 saturated carbocycles. The van der Waals surface area contributed by atoms with Crippen LogP contribution in [0, 0.1) is 3.95 Å². The van der Waals surface area contributed by atoms with Crippen LogP contribution in [-0.2, 0) is 16.7 Å². The Kier molecular flexibility index (Phi) is 4.19. The molecule has 1 heterocycles. The lowest BCUT2D eigenvalue weighted by Crippen LogP contribution is -2.05. The first-order valence-electron chi connectivity index (χ1n) is 5.56. The lowest BCUT2D eigenvalue weighted by Gasteiger charge is -2.02. The number of nitrogens with zero attached hydrogens (tertiary/aromatic N) is 1. The van der Waals surface area contributed by atoms with E-state index in [1.54, 1.807) is 13.0 Å². The summed E-state index contributed by atoms with van der Waals surface area (Å²) in [5.74, 6) is -0.345. The Morgan fingerprint density at radius 1 is 1.47 bits per heavy atom. The van der Waals surface area contributed by atoms with Crippen LogP contribution in [0.25, 0.3) is 10.2 Å². The SMILES string of the molecule is C/C(=C\Cn1c(=S)sc2ccccc21)CS(=O)(=O)O. The molecule has 0 fully saturated rings. The Hall–Kier alpha value is -1.02. The van der Waals surface area contributed by atoms with Gasteiger partial charge in [-0.25, -0.2) is 0 Å². The number of para-hydroxylation sites is 1. The number of fused-ring (bicyclic) bond motifs is 1. The molecule has 0 amide bonds. The van der Waals surface area contributed by atoms with Crippen LogP contribution in [0.15, 0.2) is 35.9 Å². The van der Waals surface area contributed by atoms with Crippen LogP contribution in [0.1, 0.15) is 6.92 Å². The summed E-state index contributed by atoms with van der Waals surface area (Å²) in [6.07, 6.45) is 1.77. The maximum Gasteiger partial charge on any atom is 0.268 e. The number of allylic oxidation sites excluding steroid dienone is 1. The zero-order chi connectivity index (χ0) is 14.0. The van der Waals surface area contributed by atoms with Crippen molar-refractivity contribution in [3.05, 3.63) is 39.9 Å². The monoisotopic (exact) mass is 315 g/mol. The van der Waals surface area contributed by atoms with Crippen molar-refractivity contribution in [1.29, 1.82) is 0 Å². The largest absolute Gasteiger partial charge is 0.319 e. The van der Waals surface area contributed by atoms with E-state index < -0.39 is 10.1 Å². The normalized spacial score (nSPS) is 13.1. The van der Waals surface area contributed by atoms with Crippen molar-refractivity contribution in [3.63, 3.8) is 0 Å². The summed E-state index contributed by atoms with van der Waals surface area (Å²) in [6.45, 7) is 2.18. The molecule has 7 heteroatoms. The highest BCUT2D eigenvalue weighted by Gasteiger charge is 2.06. The summed E-state index contributed by atoms with van der Waals surface area (Å²) < 4.78 is 34.1. The van der Waals surface area contributed by atoms with E-state index in [4.69, 9.17) is 16.8 Å². The average molecular weight is 315 g/mol. The third-order valence-electron chi connectivity index (χ3n) is 2.61. The molecule has 0 radical (unpaired) electrons. The molecule has 0 aliphatic carbocycles. The molecule has 19 heavy (non-hydrogen) atoms. The predicted molar refractivity (Wildman–Crippen MR) is 80.8 cm³/mol. The van der Waals surface area contributed by atoms with Gasteiger partial charge in [0.15, 0.2) is 3.95 Å². The average Bonchev–Trinajstić information content (AvgIpc) is 2.60. The molecule has 2 aromatic rings. The number of aromatic nitrogens is 1. The van der Waals surface area contributed by atoms with Crippen LogP contribution < -0.4 is 0 Å². The molecule has 0 unspecified atom stereocenters. The smallest absolute Gasteiger partial charge is 0.268 e. The van der Waals surface area contributed by atoms with E-state index in [-0.39, 0.29) is 5.75 Å². The fourth-order valence-electron chi connectivity index (χ4n) is 1.78. The second-order valence-corrected chi connectivity index (χ2v) is 7.35. The van der Waals surface area contributed by atoms with Crippen molar-refractivity contribution in [2.45, 2.75) is 13.5 Å². The first-order valence-corrected chi connectivity index (χ1v) is 8.39. The van der Waals surface area contributed by atoms with Crippen LogP contribution in [0.2, 0.25) is 0 Å². The minimum Gasteiger partial charge on any atom is -0.319 e. The highest BCUT2D eigenvalue weighted by molar-refractivity contribution is 7.86. The fraction of sp³-hybridized carbons (Fsp3) is 0.250. The van der Waals surface area contributed by atoms with Gasteiger partial charge < -0.3 is 4.57 Å². The van der Waals surface area contributed by atoms with Gasteiger partial charge in [-0.1, -0.05) is 23.8 Å². The van der Waals surface area contributed by atoms with E-state index in [0.29, 0.717) is 12.1 Å². The van der Waals surface area contributed by atoms with Crippen molar-refractivity contribution in [1.82, 2.24) is 4.57 Å². The summed E-state index contributed by atoms with van der Waals surface area (Å²) in [5, 5.41) is 0. The van der Waals surface area contributed by atoms with Crippen molar-refractivity contribution < 1.29 is 13.0 Å². The third-order valence-corrected chi connectivity index (χ3v) is 4.86. The molecule has 1 aromatic heterocycles. The van der Waals surface area contributed by atoms with Crippen LogP contribution in [0.5, 0.6) is 0 Å². The van der Waals surface area contributed by atoms with E-state index in [1.165, 1.54) is 11.3 Å². The predicted octanol–water partition coefficient (Wildman–Crippen LogP) is 3.27. The standard InChI is InChI=1S/C12H13NO3S3/c1-9(8-19(14,15)16)6-7-13-10-4-2-3-5-11(10)18-12(13)17/h2-6H,7-8H2,1H3,(H,14,15,16)/b9-6+. The molecule has 0 atom stereocenters. The minimum atomic E-state index is -3.97. The summed E-state index contributed by atoms with van der Waals surface area (Å²) in [7, 11) is -3.97. The molecule has 0 bridgehead atoms. The summed E-state index contributed by atoms with van der Waals surface area (Å²) in [4.78, 5) is 0. The van der Waals surface area contributed by atoms with Crippen molar-refractivity contribution in [3.8, 4) is 0 Å². The van der Waals surface area contributed by atoms with E-state index in [2.05, 4.69) is 0 Å². The Labute approximate surface area is 120 Å². The number of benzene rings is 1. The molecule has 102 valence electrons. The summed E-state index contributed by atoms with van der Waals surface area (Å²) in [5.41, 5.74) is 1.63. The van der Waals surface area contributed by atoms with Gasteiger partial charge >= 0.3 is 0 Å². The molecule has 1 N–H and O–H groups in total. The molecular weight excluding hydrogens is 302 g/mol. The second kappa shape index (κ2) is 5.54. The van der Waals surface area contributed by atoms with E-state index in [9.17, 15) is 8.42 Å². The topological polar surface area (TPSA) is 59.3 Å². The Balaban J connectivity index is 2.30. The number of thiazole rings is 1. The first-order chi connectivity index (χ1) is 8.87. The first kappa shape index (κ1) is 14.4. The van der Waals surface area contributed by atoms with Gasteiger partial charge in [0, 0.05) is 6.54 Å². The van der Waals surface area contributed by atoms with Gasteiger partial charge in [0.2, 0.25) is 0 Å². The maximum absolute atomic E-state index is 10.8. The number of hydrogen-bond acceptors (Lipinski definition) is 4. The van der Waals surface area contributed by atoms with E-state index in [1.807, 2.05) is 28.8 Å². The molecule has 0 aliphatic heterocycles. The third kappa shape index (κ3) is 3.73. The Morgan fingerprint density at radius 2 is 2.16 bits per heavy atom. The van der Waals surface area contributed by atoms with Gasteiger partial charge in [0.25, 0.3) is 10.1 Å². The van der Waals surface area contributed by atoms with Crippen molar-refractivity contribution >= 4 is 43.9 Å². The van der Waals surface area contributed by atoms with Crippen LogP contribution in [0.4, 0.5) is 0 Å². The van der Waals surface area contributed by atoms with Crippen LogP contribution in [-0.4, -0.2) is 23.3 Å². The number of rotatable bonds is 4. The molecule has 4 nitrogen and oxygen atoms in total. The quantitative estimate of drug-likeness (QED) is 0.534. The zero-order valence-electron chi connectivity index (χ0n) is 10.2. The number of hydrogen-bond donors (Lipinski definition) is 1. The minimum absolute atomic E-state index is 0.345. The molecule has 1 aromatic carbocycles. The van der Waals surface area contributed by atoms with Gasteiger partial charge in [0.05, 0.1) is 16.0 Å². The van der Waals surface area contributed by atoms with Gasteiger partial charge in [-0.2, -0.15) is 8.42 Å². The van der Waals surface area contributed by atoms with Gasteiger partial charge in [-0.15, -0.1) is 11.3 Å². The van der Waals surface area contributed by atoms with Crippen LogP contribution in [0.3, 0.4) is 0 Å². The molecule has 0 aliphatic rings. The zero-order valence-corrected chi connectivity index (χ0v) is 12.7. The van der Waals surface area contributed by atoms with Crippen LogP contribution >= 0.6 is 23.6 Å². The van der Waals surface area contributed by atoms with Gasteiger partial charge in [-0.05, 0) is 31.3 Å². The van der Waals surface area contributed by atoms with Crippen molar-refractivity contribution in [2.75, 3.05) is 5.75 Å².